The number of benzene rings is 1. The van der Waals surface area contributed by atoms with E-state index in [0.29, 0.717) is 0 Å². The Morgan fingerprint density at radius 3 is 2.29 bits per heavy atom. The van der Waals surface area contributed by atoms with Crippen molar-refractivity contribution in [3.05, 3.63) is 35.6 Å². The molecule has 1 saturated heterocycles. The number of halogens is 1. The highest BCUT2D eigenvalue weighted by Crippen LogP contribution is 2.30. The fraction of sp³-hybridized carbons (Fsp3) is 0.500. The minimum Gasteiger partial charge on any atom is -0.282 e. The number of hydrogen-bond donors (Lipinski definition) is 0. The molecule has 1 aromatic rings. The van der Waals surface area contributed by atoms with Gasteiger partial charge in [0.1, 0.15) is 11.4 Å². The first-order chi connectivity index (χ1) is 8.16. The van der Waals surface area contributed by atoms with Crippen molar-refractivity contribution in [3.63, 3.8) is 0 Å². The van der Waals surface area contributed by atoms with E-state index in [1.165, 1.54) is 18.6 Å². The Bertz CT molecular complexity index is 415. The van der Waals surface area contributed by atoms with Crippen LogP contribution in [0.3, 0.4) is 0 Å². The third-order valence-corrected chi connectivity index (χ3v) is 3.61. The molecule has 1 aromatic carbocycles. The molecular weight excluding hydrogens is 215 g/mol. The van der Waals surface area contributed by atoms with Crippen LogP contribution in [0, 0.1) is 17.1 Å². The van der Waals surface area contributed by atoms with Gasteiger partial charge in [-0.15, -0.1) is 0 Å². The first-order valence-electron chi connectivity index (χ1n) is 6.09. The Kier molecular flexibility index (Phi) is 3.44. The van der Waals surface area contributed by atoms with Gasteiger partial charge in [0.2, 0.25) is 0 Å². The maximum atomic E-state index is 12.9. The number of rotatable bonds is 2. The Balaban J connectivity index is 2.30. The Labute approximate surface area is 102 Å². The predicted molar refractivity (Wildman–Crippen MR) is 64.8 cm³/mol. The van der Waals surface area contributed by atoms with E-state index in [4.69, 9.17) is 0 Å². The van der Waals surface area contributed by atoms with Gasteiger partial charge < -0.3 is 0 Å². The van der Waals surface area contributed by atoms with Crippen LogP contribution in [0.5, 0.6) is 0 Å². The van der Waals surface area contributed by atoms with Crippen molar-refractivity contribution in [2.24, 2.45) is 0 Å². The van der Waals surface area contributed by atoms with Crippen molar-refractivity contribution in [1.29, 1.82) is 5.26 Å². The molecule has 0 bridgehead atoms. The zero-order valence-corrected chi connectivity index (χ0v) is 10.1. The maximum Gasteiger partial charge on any atom is 0.131 e. The van der Waals surface area contributed by atoms with Crippen LogP contribution in [0.1, 0.15) is 31.7 Å². The summed E-state index contributed by atoms with van der Waals surface area (Å²) in [5.41, 5.74) is 0.247. The molecule has 0 aliphatic carbocycles. The van der Waals surface area contributed by atoms with Gasteiger partial charge in [-0.25, -0.2) is 4.39 Å². The zero-order chi connectivity index (χ0) is 12.3. The van der Waals surface area contributed by atoms with Crippen LogP contribution in [-0.2, 0) is 5.54 Å². The third-order valence-electron chi connectivity index (χ3n) is 3.61. The molecule has 90 valence electrons. The van der Waals surface area contributed by atoms with Gasteiger partial charge in [-0.2, -0.15) is 5.26 Å². The average molecular weight is 232 g/mol. The molecule has 2 rings (SSSR count). The molecule has 1 aliphatic heterocycles. The summed E-state index contributed by atoms with van der Waals surface area (Å²) in [5.74, 6) is -0.257. The van der Waals surface area contributed by atoms with Crippen LogP contribution in [0.4, 0.5) is 4.39 Å². The lowest BCUT2D eigenvalue weighted by Crippen LogP contribution is -2.45. The van der Waals surface area contributed by atoms with Crippen molar-refractivity contribution >= 4 is 0 Å². The first kappa shape index (κ1) is 12.1. The number of hydrogen-bond acceptors (Lipinski definition) is 2. The third kappa shape index (κ3) is 2.32. The largest absolute Gasteiger partial charge is 0.282 e. The Morgan fingerprint density at radius 1 is 1.18 bits per heavy atom. The second-order valence-corrected chi connectivity index (χ2v) is 4.74. The highest BCUT2D eigenvalue weighted by atomic mass is 19.1. The fourth-order valence-corrected chi connectivity index (χ4v) is 2.43. The summed E-state index contributed by atoms with van der Waals surface area (Å²) >= 11 is 0. The van der Waals surface area contributed by atoms with E-state index in [1.54, 1.807) is 12.1 Å². The van der Waals surface area contributed by atoms with Gasteiger partial charge in [-0.05, 0) is 50.6 Å². The monoisotopic (exact) mass is 232 g/mol. The maximum absolute atomic E-state index is 12.9. The van der Waals surface area contributed by atoms with Crippen LogP contribution in [0.15, 0.2) is 24.3 Å². The number of likely N-dealkylation sites (tertiary alicyclic amines) is 1. The van der Waals surface area contributed by atoms with Crippen LogP contribution in [0.25, 0.3) is 0 Å². The van der Waals surface area contributed by atoms with Crippen molar-refractivity contribution in [1.82, 2.24) is 4.90 Å². The molecule has 1 heterocycles. The minimum atomic E-state index is -0.631. The summed E-state index contributed by atoms with van der Waals surface area (Å²) in [4.78, 5) is 2.20. The zero-order valence-electron chi connectivity index (χ0n) is 10.1. The lowest BCUT2D eigenvalue weighted by atomic mass is 9.89. The van der Waals surface area contributed by atoms with E-state index < -0.39 is 5.54 Å². The smallest absolute Gasteiger partial charge is 0.131 e. The molecule has 17 heavy (non-hydrogen) atoms. The Morgan fingerprint density at radius 2 is 1.76 bits per heavy atom. The SMILES string of the molecule is CC(C#N)(c1ccc(F)cc1)N1CCCCC1. The number of nitriles is 1. The average Bonchev–Trinajstić information content (AvgIpc) is 2.40. The van der Waals surface area contributed by atoms with Crippen LogP contribution in [0.2, 0.25) is 0 Å². The normalized spacial score (nSPS) is 20.5. The van der Waals surface area contributed by atoms with Gasteiger partial charge in [-0.1, -0.05) is 18.6 Å². The molecule has 1 fully saturated rings. The summed E-state index contributed by atoms with van der Waals surface area (Å²) in [6.45, 7) is 3.81. The fourth-order valence-electron chi connectivity index (χ4n) is 2.43. The van der Waals surface area contributed by atoms with E-state index in [1.807, 2.05) is 6.92 Å². The van der Waals surface area contributed by atoms with E-state index in [9.17, 15) is 9.65 Å². The molecular formula is C14H17FN2. The molecule has 1 aliphatic rings. The predicted octanol–water partition coefficient (Wildman–Crippen LogP) is 3.05. The van der Waals surface area contributed by atoms with Crippen LogP contribution >= 0.6 is 0 Å². The number of nitrogens with zero attached hydrogens (tertiary/aromatic N) is 2. The Hall–Kier alpha value is -1.40. The van der Waals surface area contributed by atoms with Crippen molar-refractivity contribution in [2.75, 3.05) is 13.1 Å². The topological polar surface area (TPSA) is 27.0 Å². The van der Waals surface area contributed by atoms with Crippen LogP contribution in [-0.4, -0.2) is 18.0 Å². The molecule has 0 spiro atoms. The molecule has 0 aromatic heterocycles. The highest BCUT2D eigenvalue weighted by molar-refractivity contribution is 5.30. The van der Waals surface area contributed by atoms with Gasteiger partial charge in [0.25, 0.3) is 0 Å². The lowest BCUT2D eigenvalue weighted by molar-refractivity contribution is 0.123. The van der Waals surface area contributed by atoms with Gasteiger partial charge in [-0.3, -0.25) is 4.90 Å². The molecule has 0 N–H and O–H groups in total. The molecule has 1 unspecified atom stereocenters. The molecule has 0 amide bonds. The van der Waals surface area contributed by atoms with Gasteiger partial charge in [0, 0.05) is 0 Å². The second kappa shape index (κ2) is 4.85. The highest BCUT2D eigenvalue weighted by Gasteiger charge is 2.34. The van der Waals surface area contributed by atoms with E-state index in [-0.39, 0.29) is 5.82 Å². The van der Waals surface area contributed by atoms with E-state index in [2.05, 4.69) is 11.0 Å². The van der Waals surface area contributed by atoms with Crippen molar-refractivity contribution in [2.45, 2.75) is 31.7 Å². The van der Waals surface area contributed by atoms with Gasteiger partial charge in [0.05, 0.1) is 6.07 Å². The van der Waals surface area contributed by atoms with Crippen molar-refractivity contribution < 1.29 is 4.39 Å². The quantitative estimate of drug-likeness (QED) is 0.783. The molecule has 3 heteroatoms. The first-order valence-corrected chi connectivity index (χ1v) is 6.09. The second-order valence-electron chi connectivity index (χ2n) is 4.74. The molecule has 0 radical (unpaired) electrons. The van der Waals surface area contributed by atoms with Gasteiger partial charge >= 0.3 is 0 Å². The molecule has 0 saturated carbocycles. The molecule has 2 nitrogen and oxygen atoms in total. The standard InChI is InChI=1S/C14H17FN2/c1-14(11-16,17-9-3-2-4-10-17)12-5-7-13(15)8-6-12/h5-8H,2-4,9-10H2,1H3. The molecule has 1 atom stereocenters. The summed E-state index contributed by atoms with van der Waals surface area (Å²) in [6.07, 6.45) is 3.51. The van der Waals surface area contributed by atoms with Crippen LogP contribution < -0.4 is 0 Å². The van der Waals surface area contributed by atoms with E-state index >= 15 is 0 Å². The van der Waals surface area contributed by atoms with E-state index in [0.717, 1.165) is 31.5 Å². The lowest BCUT2D eigenvalue weighted by Gasteiger charge is -2.38. The summed E-state index contributed by atoms with van der Waals surface area (Å²) in [5, 5.41) is 9.47. The number of piperidine rings is 1. The van der Waals surface area contributed by atoms with Gasteiger partial charge in [0.15, 0.2) is 0 Å². The minimum absolute atomic E-state index is 0.257. The summed E-state index contributed by atoms with van der Waals surface area (Å²) < 4.78 is 12.9. The van der Waals surface area contributed by atoms with Crippen molar-refractivity contribution in [3.8, 4) is 6.07 Å². The summed E-state index contributed by atoms with van der Waals surface area (Å²) in [7, 11) is 0. The summed E-state index contributed by atoms with van der Waals surface area (Å²) in [6, 6.07) is 8.67.